The van der Waals surface area contributed by atoms with Crippen LogP contribution in [0.1, 0.15) is 32.6 Å². The van der Waals surface area contributed by atoms with E-state index in [-0.39, 0.29) is 6.61 Å². The molecule has 0 aliphatic carbocycles. The molecule has 0 saturated carbocycles. The minimum atomic E-state index is -3.29. The van der Waals surface area contributed by atoms with Crippen LogP contribution in [0.5, 0.6) is 0 Å². The highest BCUT2D eigenvalue weighted by molar-refractivity contribution is 7.87. The third-order valence-electron chi connectivity index (χ3n) is 1.67. The smallest absolute Gasteiger partial charge is 0.276 e. The zero-order valence-corrected chi connectivity index (χ0v) is 9.44. The van der Waals surface area contributed by atoms with Gasteiger partial charge < -0.3 is 5.11 Å². The molecule has 0 atom stereocenters. The first kappa shape index (κ1) is 13.8. The van der Waals surface area contributed by atoms with Gasteiger partial charge in [0.1, 0.15) is 0 Å². The van der Waals surface area contributed by atoms with Crippen LogP contribution in [0.2, 0.25) is 0 Å². The average molecular weight is 224 g/mol. The van der Waals surface area contributed by atoms with Crippen LogP contribution in [0.25, 0.3) is 0 Å². The molecule has 0 unspecified atom stereocenters. The second kappa shape index (κ2) is 8.16. The summed E-state index contributed by atoms with van der Waals surface area (Å²) in [5, 5.41) is 8.49. The summed E-state index contributed by atoms with van der Waals surface area (Å²) < 4.78 is 27.1. The van der Waals surface area contributed by atoms with Gasteiger partial charge in [-0.05, 0) is 25.7 Å². The molecule has 3 N–H and O–H groups in total. The van der Waals surface area contributed by atoms with Crippen LogP contribution >= 0.6 is 0 Å². The largest absolute Gasteiger partial charge is 0.396 e. The lowest BCUT2D eigenvalue weighted by atomic mass is 10.2. The number of nitrogens with one attached hydrogen (secondary N) is 2. The van der Waals surface area contributed by atoms with Crippen molar-refractivity contribution in [2.24, 2.45) is 0 Å². The van der Waals surface area contributed by atoms with Gasteiger partial charge in [-0.2, -0.15) is 8.42 Å². The second-order valence-corrected chi connectivity index (χ2v) is 4.66. The molecule has 0 saturated heterocycles. The molecule has 0 radical (unpaired) electrons. The molecular weight excluding hydrogens is 204 g/mol. The third-order valence-corrected chi connectivity index (χ3v) is 2.84. The maximum atomic E-state index is 11.2. The number of aliphatic hydroxyl groups excluding tert-OH is 1. The summed E-state index contributed by atoms with van der Waals surface area (Å²) in [6, 6.07) is 0. The summed E-state index contributed by atoms with van der Waals surface area (Å²) in [4.78, 5) is 0. The zero-order chi connectivity index (χ0) is 10.9. The predicted molar refractivity (Wildman–Crippen MR) is 56.2 cm³/mol. The van der Waals surface area contributed by atoms with Crippen molar-refractivity contribution in [3.8, 4) is 0 Å². The van der Waals surface area contributed by atoms with Crippen LogP contribution in [0.4, 0.5) is 0 Å². The SMILES string of the molecule is CCCNS(=O)(=O)NCCCCCO. The molecule has 5 nitrogen and oxygen atoms in total. The molecule has 0 fully saturated rings. The van der Waals surface area contributed by atoms with Crippen LogP contribution in [0, 0.1) is 0 Å². The van der Waals surface area contributed by atoms with E-state index in [0.29, 0.717) is 13.1 Å². The Balaban J connectivity index is 3.46. The summed E-state index contributed by atoms with van der Waals surface area (Å²) in [7, 11) is -3.29. The first-order chi connectivity index (χ1) is 6.62. The van der Waals surface area contributed by atoms with Crippen molar-refractivity contribution in [2.45, 2.75) is 32.6 Å². The zero-order valence-electron chi connectivity index (χ0n) is 8.62. The lowest BCUT2D eigenvalue weighted by Crippen LogP contribution is -2.37. The lowest BCUT2D eigenvalue weighted by molar-refractivity contribution is 0.283. The molecule has 0 aromatic carbocycles. The Bertz CT molecular complexity index is 217. The minimum Gasteiger partial charge on any atom is -0.396 e. The van der Waals surface area contributed by atoms with E-state index in [1.807, 2.05) is 6.92 Å². The van der Waals surface area contributed by atoms with Gasteiger partial charge in [0.05, 0.1) is 0 Å². The fourth-order valence-corrected chi connectivity index (χ4v) is 1.90. The van der Waals surface area contributed by atoms with Crippen LogP contribution in [0.3, 0.4) is 0 Å². The Kier molecular flexibility index (Phi) is 8.07. The molecule has 0 spiro atoms. The monoisotopic (exact) mass is 224 g/mol. The van der Waals surface area contributed by atoms with Crippen LogP contribution in [-0.2, 0) is 10.2 Å². The van der Waals surface area contributed by atoms with E-state index in [4.69, 9.17) is 5.11 Å². The molecule has 0 aromatic rings. The number of hydrogen-bond donors (Lipinski definition) is 3. The molecule has 0 aliphatic rings. The molecule has 14 heavy (non-hydrogen) atoms. The number of aliphatic hydroxyl groups is 1. The van der Waals surface area contributed by atoms with Crippen molar-refractivity contribution in [1.29, 1.82) is 0 Å². The molecule has 0 aromatic heterocycles. The fourth-order valence-electron chi connectivity index (χ4n) is 0.908. The van der Waals surface area contributed by atoms with Gasteiger partial charge in [0.25, 0.3) is 10.2 Å². The van der Waals surface area contributed by atoms with Crippen LogP contribution in [0.15, 0.2) is 0 Å². The Labute approximate surface area is 86.1 Å². The van der Waals surface area contributed by atoms with E-state index in [9.17, 15) is 8.42 Å². The summed E-state index contributed by atoms with van der Waals surface area (Å²) in [5.41, 5.74) is 0. The van der Waals surface area contributed by atoms with Crippen molar-refractivity contribution in [1.82, 2.24) is 9.44 Å². The number of rotatable bonds is 9. The van der Waals surface area contributed by atoms with Crippen molar-refractivity contribution in [3.05, 3.63) is 0 Å². The maximum absolute atomic E-state index is 11.2. The summed E-state index contributed by atoms with van der Waals surface area (Å²) in [6.45, 7) is 2.97. The van der Waals surface area contributed by atoms with Gasteiger partial charge in [-0.25, -0.2) is 9.44 Å². The molecule has 0 heterocycles. The Morgan fingerprint density at radius 3 is 2.29 bits per heavy atom. The Hall–Kier alpha value is -0.170. The third kappa shape index (κ3) is 8.43. The normalized spacial score (nSPS) is 11.9. The summed E-state index contributed by atoms with van der Waals surface area (Å²) in [5.74, 6) is 0. The van der Waals surface area contributed by atoms with Gasteiger partial charge >= 0.3 is 0 Å². The maximum Gasteiger partial charge on any atom is 0.276 e. The highest BCUT2D eigenvalue weighted by atomic mass is 32.2. The highest BCUT2D eigenvalue weighted by Gasteiger charge is 2.05. The molecule has 6 heteroatoms. The molecule has 0 bridgehead atoms. The van der Waals surface area contributed by atoms with E-state index in [0.717, 1.165) is 25.7 Å². The van der Waals surface area contributed by atoms with E-state index < -0.39 is 10.2 Å². The molecular formula is C8H20N2O3S. The van der Waals surface area contributed by atoms with Crippen molar-refractivity contribution < 1.29 is 13.5 Å². The molecule has 0 aliphatic heterocycles. The predicted octanol–water partition coefficient (Wildman–Crippen LogP) is -0.0170. The first-order valence-corrected chi connectivity index (χ1v) is 6.46. The molecule has 0 rings (SSSR count). The van der Waals surface area contributed by atoms with Gasteiger partial charge in [-0.3, -0.25) is 0 Å². The van der Waals surface area contributed by atoms with E-state index in [1.54, 1.807) is 0 Å². The van der Waals surface area contributed by atoms with Crippen molar-refractivity contribution >= 4 is 10.2 Å². The van der Waals surface area contributed by atoms with Crippen molar-refractivity contribution in [3.63, 3.8) is 0 Å². The molecule has 86 valence electrons. The first-order valence-electron chi connectivity index (χ1n) is 4.97. The number of hydrogen-bond acceptors (Lipinski definition) is 3. The summed E-state index contributed by atoms with van der Waals surface area (Å²) >= 11 is 0. The van der Waals surface area contributed by atoms with E-state index in [2.05, 4.69) is 9.44 Å². The van der Waals surface area contributed by atoms with Crippen molar-refractivity contribution in [2.75, 3.05) is 19.7 Å². The standard InChI is InChI=1S/C8H20N2O3S/c1-2-6-9-14(12,13)10-7-4-3-5-8-11/h9-11H,2-8H2,1H3. The van der Waals surface area contributed by atoms with Gasteiger partial charge in [-0.1, -0.05) is 6.92 Å². The average Bonchev–Trinajstić information content (AvgIpc) is 2.15. The number of unbranched alkanes of at least 4 members (excludes halogenated alkanes) is 2. The Morgan fingerprint density at radius 2 is 1.71 bits per heavy atom. The van der Waals surface area contributed by atoms with Gasteiger partial charge in [0.15, 0.2) is 0 Å². The Morgan fingerprint density at radius 1 is 1.07 bits per heavy atom. The van der Waals surface area contributed by atoms with E-state index >= 15 is 0 Å². The van der Waals surface area contributed by atoms with Gasteiger partial charge in [0, 0.05) is 19.7 Å². The quantitative estimate of drug-likeness (QED) is 0.482. The minimum absolute atomic E-state index is 0.167. The topological polar surface area (TPSA) is 78.4 Å². The van der Waals surface area contributed by atoms with Gasteiger partial charge in [0.2, 0.25) is 0 Å². The van der Waals surface area contributed by atoms with Crippen LogP contribution in [-0.4, -0.2) is 33.2 Å². The fraction of sp³-hybridized carbons (Fsp3) is 1.00. The molecule has 0 amide bonds. The summed E-state index contributed by atoms with van der Waals surface area (Å²) in [6.07, 6.45) is 3.11. The van der Waals surface area contributed by atoms with Crippen LogP contribution < -0.4 is 9.44 Å². The second-order valence-electron chi connectivity index (χ2n) is 3.08. The highest BCUT2D eigenvalue weighted by Crippen LogP contribution is 1.92. The lowest BCUT2D eigenvalue weighted by Gasteiger charge is -2.06. The van der Waals surface area contributed by atoms with E-state index in [1.165, 1.54) is 0 Å². The van der Waals surface area contributed by atoms with Gasteiger partial charge in [-0.15, -0.1) is 0 Å².